The van der Waals surface area contributed by atoms with Crippen LogP contribution in [0.25, 0.3) is 0 Å². The van der Waals surface area contributed by atoms with Gasteiger partial charge in [-0.25, -0.2) is 0 Å². The van der Waals surface area contributed by atoms with E-state index in [0.29, 0.717) is 13.0 Å². The lowest BCUT2D eigenvalue weighted by Gasteiger charge is -2.28. The second-order valence-electron chi connectivity index (χ2n) is 7.34. The SMILES string of the molecule is Cc1cccc(C(C)C(=O)NC2CC(=O)N(CCN3CCOCC3)C2)c1. The molecule has 6 heteroatoms. The number of nitrogens with zero attached hydrogens (tertiary/aromatic N) is 2. The van der Waals surface area contributed by atoms with Crippen LogP contribution in [0.5, 0.6) is 0 Å². The van der Waals surface area contributed by atoms with Crippen molar-refractivity contribution in [2.75, 3.05) is 45.9 Å². The number of ether oxygens (including phenoxy) is 1. The number of rotatable bonds is 6. The molecule has 0 spiro atoms. The number of carbonyl (C=O) groups excluding carboxylic acids is 2. The van der Waals surface area contributed by atoms with E-state index in [4.69, 9.17) is 4.74 Å². The average molecular weight is 359 g/mol. The number of likely N-dealkylation sites (tertiary alicyclic amines) is 1. The zero-order valence-electron chi connectivity index (χ0n) is 15.7. The number of aryl methyl sites for hydroxylation is 1. The first-order valence-electron chi connectivity index (χ1n) is 9.48. The Labute approximate surface area is 155 Å². The van der Waals surface area contributed by atoms with Crippen LogP contribution in [0.4, 0.5) is 0 Å². The minimum Gasteiger partial charge on any atom is -0.379 e. The molecule has 0 radical (unpaired) electrons. The van der Waals surface area contributed by atoms with E-state index in [0.717, 1.165) is 50.5 Å². The largest absolute Gasteiger partial charge is 0.379 e. The molecular formula is C20H29N3O3. The number of amides is 2. The van der Waals surface area contributed by atoms with Crippen molar-refractivity contribution in [2.24, 2.45) is 0 Å². The van der Waals surface area contributed by atoms with Crippen LogP contribution in [0, 0.1) is 6.92 Å². The fraction of sp³-hybridized carbons (Fsp3) is 0.600. The molecule has 0 saturated carbocycles. The topological polar surface area (TPSA) is 61.9 Å². The van der Waals surface area contributed by atoms with Gasteiger partial charge in [0.05, 0.1) is 25.2 Å². The molecule has 6 nitrogen and oxygen atoms in total. The molecule has 0 aromatic heterocycles. The highest BCUT2D eigenvalue weighted by molar-refractivity contribution is 5.85. The van der Waals surface area contributed by atoms with Gasteiger partial charge in [-0.3, -0.25) is 14.5 Å². The van der Waals surface area contributed by atoms with Crippen LogP contribution in [0.15, 0.2) is 24.3 Å². The van der Waals surface area contributed by atoms with Crippen molar-refractivity contribution in [3.8, 4) is 0 Å². The Kier molecular flexibility index (Phi) is 6.27. The smallest absolute Gasteiger partial charge is 0.227 e. The molecule has 0 aliphatic carbocycles. The first-order chi connectivity index (χ1) is 12.5. The van der Waals surface area contributed by atoms with Gasteiger partial charge < -0.3 is 15.0 Å². The van der Waals surface area contributed by atoms with E-state index >= 15 is 0 Å². The molecule has 2 heterocycles. The molecule has 0 bridgehead atoms. The fourth-order valence-electron chi connectivity index (χ4n) is 3.59. The molecular weight excluding hydrogens is 330 g/mol. The van der Waals surface area contributed by atoms with Gasteiger partial charge in [0.2, 0.25) is 11.8 Å². The summed E-state index contributed by atoms with van der Waals surface area (Å²) >= 11 is 0. The van der Waals surface area contributed by atoms with Crippen molar-refractivity contribution in [2.45, 2.75) is 32.2 Å². The Morgan fingerprint density at radius 3 is 2.81 bits per heavy atom. The predicted molar refractivity (Wildman–Crippen MR) is 100.0 cm³/mol. The molecule has 1 aromatic carbocycles. The number of carbonyl (C=O) groups is 2. The molecule has 2 unspecified atom stereocenters. The van der Waals surface area contributed by atoms with Gasteiger partial charge in [0.1, 0.15) is 0 Å². The molecule has 1 N–H and O–H groups in total. The highest BCUT2D eigenvalue weighted by Gasteiger charge is 2.31. The molecule has 2 aliphatic rings. The molecule has 2 amide bonds. The summed E-state index contributed by atoms with van der Waals surface area (Å²) in [4.78, 5) is 29.0. The first kappa shape index (κ1) is 18.9. The molecule has 2 saturated heterocycles. The molecule has 2 aliphatic heterocycles. The highest BCUT2D eigenvalue weighted by atomic mass is 16.5. The van der Waals surface area contributed by atoms with Crippen molar-refractivity contribution < 1.29 is 14.3 Å². The van der Waals surface area contributed by atoms with E-state index in [9.17, 15) is 9.59 Å². The Morgan fingerprint density at radius 1 is 1.31 bits per heavy atom. The van der Waals surface area contributed by atoms with Crippen LogP contribution in [0.1, 0.15) is 30.4 Å². The normalized spacial score (nSPS) is 22.5. The summed E-state index contributed by atoms with van der Waals surface area (Å²) in [6, 6.07) is 7.92. The summed E-state index contributed by atoms with van der Waals surface area (Å²) in [6.45, 7) is 9.52. The third-order valence-corrected chi connectivity index (χ3v) is 5.29. The molecule has 2 atom stereocenters. The van der Waals surface area contributed by atoms with Crippen molar-refractivity contribution >= 4 is 11.8 Å². The van der Waals surface area contributed by atoms with Crippen LogP contribution < -0.4 is 5.32 Å². The van der Waals surface area contributed by atoms with Crippen LogP contribution in [0.3, 0.4) is 0 Å². The second-order valence-corrected chi connectivity index (χ2v) is 7.34. The standard InChI is InChI=1S/C20H29N3O3/c1-15-4-3-5-17(12-15)16(2)20(25)21-18-13-19(24)23(14-18)7-6-22-8-10-26-11-9-22/h3-5,12,16,18H,6-11,13-14H2,1-2H3,(H,21,25). The zero-order valence-corrected chi connectivity index (χ0v) is 15.7. The average Bonchev–Trinajstić information content (AvgIpc) is 2.99. The first-order valence-corrected chi connectivity index (χ1v) is 9.48. The number of hydrogen-bond donors (Lipinski definition) is 1. The summed E-state index contributed by atoms with van der Waals surface area (Å²) in [6.07, 6.45) is 0.398. The van der Waals surface area contributed by atoms with E-state index in [1.54, 1.807) is 0 Å². The van der Waals surface area contributed by atoms with E-state index in [-0.39, 0.29) is 23.8 Å². The Bertz CT molecular complexity index is 643. The molecule has 3 rings (SSSR count). The molecule has 26 heavy (non-hydrogen) atoms. The van der Waals surface area contributed by atoms with Gasteiger partial charge in [-0.1, -0.05) is 29.8 Å². The molecule has 1 aromatic rings. The number of hydrogen-bond acceptors (Lipinski definition) is 4. The van der Waals surface area contributed by atoms with E-state index in [1.165, 1.54) is 0 Å². The summed E-state index contributed by atoms with van der Waals surface area (Å²) in [5.74, 6) is -0.0948. The number of benzene rings is 1. The summed E-state index contributed by atoms with van der Waals surface area (Å²) in [7, 11) is 0. The van der Waals surface area contributed by atoms with Crippen molar-refractivity contribution in [3.63, 3.8) is 0 Å². The van der Waals surface area contributed by atoms with Crippen molar-refractivity contribution in [1.29, 1.82) is 0 Å². The lowest BCUT2D eigenvalue weighted by molar-refractivity contribution is -0.128. The Morgan fingerprint density at radius 2 is 2.08 bits per heavy atom. The van der Waals surface area contributed by atoms with Gasteiger partial charge >= 0.3 is 0 Å². The maximum absolute atomic E-state index is 12.6. The number of nitrogens with one attached hydrogen (secondary N) is 1. The maximum Gasteiger partial charge on any atom is 0.227 e. The van der Waals surface area contributed by atoms with E-state index < -0.39 is 0 Å². The van der Waals surface area contributed by atoms with Crippen molar-refractivity contribution in [3.05, 3.63) is 35.4 Å². The van der Waals surface area contributed by atoms with Crippen LogP contribution in [0.2, 0.25) is 0 Å². The quantitative estimate of drug-likeness (QED) is 0.828. The summed E-state index contributed by atoms with van der Waals surface area (Å²) in [5.41, 5.74) is 2.16. The number of morpholine rings is 1. The van der Waals surface area contributed by atoms with Crippen LogP contribution >= 0.6 is 0 Å². The minimum atomic E-state index is -0.215. The second kappa shape index (κ2) is 8.64. The monoisotopic (exact) mass is 359 g/mol. The van der Waals surface area contributed by atoms with Gasteiger partial charge in [-0.2, -0.15) is 0 Å². The van der Waals surface area contributed by atoms with E-state index in [1.807, 2.05) is 43.0 Å². The summed E-state index contributed by atoms with van der Waals surface area (Å²) < 4.78 is 5.35. The maximum atomic E-state index is 12.6. The van der Waals surface area contributed by atoms with Crippen molar-refractivity contribution in [1.82, 2.24) is 15.1 Å². The summed E-state index contributed by atoms with van der Waals surface area (Å²) in [5, 5.41) is 3.06. The van der Waals surface area contributed by atoms with Gasteiger partial charge in [0.15, 0.2) is 0 Å². The van der Waals surface area contributed by atoms with Gasteiger partial charge in [0.25, 0.3) is 0 Å². The minimum absolute atomic E-state index is 0.0107. The Hall–Kier alpha value is -1.92. The predicted octanol–water partition coefficient (Wildman–Crippen LogP) is 1.15. The molecule has 142 valence electrons. The van der Waals surface area contributed by atoms with Crippen LogP contribution in [-0.2, 0) is 14.3 Å². The highest BCUT2D eigenvalue weighted by Crippen LogP contribution is 2.18. The lowest BCUT2D eigenvalue weighted by atomic mass is 9.98. The van der Waals surface area contributed by atoms with Gasteiger partial charge in [-0.05, 0) is 19.4 Å². The Balaban J connectivity index is 1.48. The van der Waals surface area contributed by atoms with Gasteiger partial charge in [0, 0.05) is 39.1 Å². The third-order valence-electron chi connectivity index (χ3n) is 5.29. The van der Waals surface area contributed by atoms with Gasteiger partial charge in [-0.15, -0.1) is 0 Å². The molecule has 2 fully saturated rings. The zero-order chi connectivity index (χ0) is 18.5. The van der Waals surface area contributed by atoms with E-state index in [2.05, 4.69) is 10.2 Å². The lowest BCUT2D eigenvalue weighted by Crippen LogP contribution is -2.43. The third kappa shape index (κ3) is 4.83. The fourth-order valence-corrected chi connectivity index (χ4v) is 3.59. The van der Waals surface area contributed by atoms with Crippen LogP contribution in [-0.4, -0.2) is 73.6 Å².